The average molecular weight is 296 g/mol. The Kier molecular flexibility index (Phi) is 4.87. The van der Waals surface area contributed by atoms with Crippen LogP contribution in [0.25, 0.3) is 0 Å². The molecule has 0 aromatic carbocycles. The van der Waals surface area contributed by atoms with Crippen LogP contribution >= 0.6 is 23.5 Å². The van der Waals surface area contributed by atoms with Crippen LogP contribution in [0.2, 0.25) is 0 Å². The number of carbonyl (C=O) groups excluding carboxylic acids is 2. The smallest absolute Gasteiger partial charge is 0.236 e. The summed E-state index contributed by atoms with van der Waals surface area (Å²) in [5, 5.41) is 0.0709. The highest BCUT2D eigenvalue weighted by Crippen LogP contribution is 2.42. The van der Waals surface area contributed by atoms with E-state index in [0.717, 1.165) is 5.56 Å². The van der Waals surface area contributed by atoms with Crippen molar-refractivity contribution in [3.63, 3.8) is 0 Å². The van der Waals surface area contributed by atoms with Gasteiger partial charge in [-0.15, -0.1) is 11.8 Å². The molecule has 102 valence electrons. The van der Waals surface area contributed by atoms with Crippen molar-refractivity contribution in [1.82, 2.24) is 9.88 Å². The first-order valence-corrected chi connectivity index (χ1v) is 8.01. The number of hydrogen-bond donors (Lipinski definition) is 0. The predicted octanol–water partition coefficient (Wildman–Crippen LogP) is 2.32. The summed E-state index contributed by atoms with van der Waals surface area (Å²) in [6.45, 7) is 4.07. The van der Waals surface area contributed by atoms with E-state index in [1.165, 1.54) is 11.8 Å². The molecule has 0 N–H and O–H groups in total. The van der Waals surface area contributed by atoms with Crippen molar-refractivity contribution in [1.29, 1.82) is 0 Å². The van der Waals surface area contributed by atoms with Gasteiger partial charge in [-0.3, -0.25) is 14.6 Å². The third kappa shape index (κ3) is 3.51. The van der Waals surface area contributed by atoms with E-state index >= 15 is 0 Å². The van der Waals surface area contributed by atoms with Gasteiger partial charge in [-0.2, -0.15) is 0 Å². The summed E-state index contributed by atoms with van der Waals surface area (Å²) >= 11 is 2.90. The van der Waals surface area contributed by atoms with E-state index in [2.05, 4.69) is 4.98 Å². The molecule has 2 heterocycles. The van der Waals surface area contributed by atoms with Gasteiger partial charge in [0.05, 0.1) is 5.25 Å². The summed E-state index contributed by atoms with van der Waals surface area (Å²) in [6.07, 6.45) is 3.53. The van der Waals surface area contributed by atoms with Crippen LogP contribution in [0.15, 0.2) is 24.5 Å². The second kappa shape index (κ2) is 6.43. The normalized spacial score (nSPS) is 22.8. The lowest BCUT2D eigenvalue weighted by Crippen LogP contribution is -2.32. The molecule has 1 saturated heterocycles. The summed E-state index contributed by atoms with van der Waals surface area (Å²) < 4.78 is 0. The summed E-state index contributed by atoms with van der Waals surface area (Å²) in [5.74, 6) is 0.786. The van der Waals surface area contributed by atoms with Gasteiger partial charge in [-0.05, 0) is 13.0 Å². The molecule has 1 aromatic heterocycles. The van der Waals surface area contributed by atoms with Gasteiger partial charge in [0.1, 0.15) is 5.37 Å². The number of pyridine rings is 1. The number of amides is 1. The Hall–Kier alpha value is -1.01. The Morgan fingerprint density at radius 1 is 1.58 bits per heavy atom. The molecule has 0 saturated carbocycles. The van der Waals surface area contributed by atoms with E-state index in [1.54, 1.807) is 31.1 Å². The van der Waals surface area contributed by atoms with Gasteiger partial charge in [0.2, 0.25) is 5.91 Å². The fraction of sp³-hybridized carbons (Fsp3) is 0.462. The molecule has 1 aliphatic rings. The van der Waals surface area contributed by atoms with Crippen LogP contribution in [0.5, 0.6) is 0 Å². The molecule has 0 bridgehead atoms. The third-order valence-corrected chi connectivity index (χ3v) is 5.04. The molecule has 2 rings (SSSR count). The molecular weight excluding hydrogens is 280 g/mol. The maximum atomic E-state index is 12.2. The molecule has 2 atom stereocenters. The first-order chi connectivity index (χ1) is 9.09. The standard InChI is InChI=1S/C13H16N2O2S2/c1-9-12(17)15(6-7-18-10(2)16)13(19-9)11-4-3-5-14-8-11/h3-5,8-9,13H,6-7H2,1-2H3. The van der Waals surface area contributed by atoms with Gasteiger partial charge in [0.15, 0.2) is 5.12 Å². The molecule has 2 unspecified atom stereocenters. The van der Waals surface area contributed by atoms with Gasteiger partial charge in [0, 0.05) is 37.2 Å². The number of nitrogens with zero attached hydrogens (tertiary/aromatic N) is 2. The minimum atomic E-state index is -0.0347. The van der Waals surface area contributed by atoms with E-state index < -0.39 is 0 Å². The van der Waals surface area contributed by atoms with E-state index in [1.807, 2.05) is 24.0 Å². The molecule has 1 fully saturated rings. The Morgan fingerprint density at radius 3 is 3.00 bits per heavy atom. The number of aromatic nitrogens is 1. The minimum Gasteiger partial charge on any atom is -0.325 e. The molecule has 1 amide bonds. The van der Waals surface area contributed by atoms with Gasteiger partial charge >= 0.3 is 0 Å². The highest BCUT2D eigenvalue weighted by atomic mass is 32.2. The lowest BCUT2D eigenvalue weighted by atomic mass is 10.2. The van der Waals surface area contributed by atoms with Crippen molar-refractivity contribution in [2.75, 3.05) is 12.3 Å². The quantitative estimate of drug-likeness (QED) is 0.853. The predicted molar refractivity (Wildman–Crippen MR) is 78.9 cm³/mol. The highest BCUT2D eigenvalue weighted by Gasteiger charge is 2.38. The van der Waals surface area contributed by atoms with Crippen molar-refractivity contribution in [2.24, 2.45) is 0 Å². The summed E-state index contributed by atoms with van der Waals surface area (Å²) in [6, 6.07) is 3.87. The topological polar surface area (TPSA) is 50.3 Å². The van der Waals surface area contributed by atoms with Crippen molar-refractivity contribution in [3.05, 3.63) is 30.1 Å². The zero-order chi connectivity index (χ0) is 13.8. The lowest BCUT2D eigenvalue weighted by molar-refractivity contribution is -0.129. The van der Waals surface area contributed by atoms with Gasteiger partial charge in [-0.1, -0.05) is 17.8 Å². The van der Waals surface area contributed by atoms with Crippen LogP contribution in [-0.4, -0.2) is 38.5 Å². The zero-order valence-electron chi connectivity index (χ0n) is 10.9. The van der Waals surface area contributed by atoms with Crippen molar-refractivity contribution in [3.8, 4) is 0 Å². The summed E-state index contributed by atoms with van der Waals surface area (Å²) in [4.78, 5) is 29.1. The first-order valence-electron chi connectivity index (χ1n) is 6.09. The largest absolute Gasteiger partial charge is 0.325 e. The molecule has 1 aliphatic heterocycles. The second-order valence-corrected chi connectivity index (χ2v) is 6.99. The van der Waals surface area contributed by atoms with Crippen LogP contribution in [0, 0.1) is 0 Å². The number of thioether (sulfide) groups is 2. The SMILES string of the molecule is CC(=O)SCCN1C(=O)C(C)SC1c1cccnc1. The molecule has 4 nitrogen and oxygen atoms in total. The Labute approximate surface area is 121 Å². The maximum absolute atomic E-state index is 12.2. The fourth-order valence-electron chi connectivity index (χ4n) is 1.97. The Balaban J connectivity index is 2.08. The van der Waals surface area contributed by atoms with Crippen LogP contribution in [0.4, 0.5) is 0 Å². The van der Waals surface area contributed by atoms with Crippen molar-refractivity contribution in [2.45, 2.75) is 24.5 Å². The van der Waals surface area contributed by atoms with E-state index in [0.29, 0.717) is 12.3 Å². The minimum absolute atomic E-state index is 0.0174. The Morgan fingerprint density at radius 2 is 2.37 bits per heavy atom. The van der Waals surface area contributed by atoms with Crippen molar-refractivity contribution < 1.29 is 9.59 Å². The molecule has 0 spiro atoms. The van der Waals surface area contributed by atoms with Crippen LogP contribution < -0.4 is 0 Å². The molecule has 6 heteroatoms. The van der Waals surface area contributed by atoms with Gasteiger partial charge < -0.3 is 4.90 Å². The van der Waals surface area contributed by atoms with E-state index in [9.17, 15) is 9.59 Å². The number of carbonyl (C=O) groups is 2. The van der Waals surface area contributed by atoms with Crippen LogP contribution in [0.3, 0.4) is 0 Å². The maximum Gasteiger partial charge on any atom is 0.236 e. The van der Waals surface area contributed by atoms with Crippen LogP contribution in [-0.2, 0) is 9.59 Å². The summed E-state index contributed by atoms with van der Waals surface area (Å²) in [5.41, 5.74) is 1.04. The fourth-order valence-corrected chi connectivity index (χ4v) is 3.84. The number of hydrogen-bond acceptors (Lipinski definition) is 5. The van der Waals surface area contributed by atoms with Crippen LogP contribution in [0.1, 0.15) is 24.8 Å². The van der Waals surface area contributed by atoms with Gasteiger partial charge in [-0.25, -0.2) is 0 Å². The molecular formula is C13H16N2O2S2. The van der Waals surface area contributed by atoms with E-state index in [4.69, 9.17) is 0 Å². The van der Waals surface area contributed by atoms with Crippen molar-refractivity contribution >= 4 is 34.5 Å². The summed E-state index contributed by atoms with van der Waals surface area (Å²) in [7, 11) is 0. The monoisotopic (exact) mass is 296 g/mol. The van der Waals surface area contributed by atoms with E-state index in [-0.39, 0.29) is 21.6 Å². The second-order valence-electron chi connectivity index (χ2n) is 4.29. The number of rotatable bonds is 4. The first kappa shape index (κ1) is 14.4. The molecule has 0 aliphatic carbocycles. The molecule has 1 aromatic rings. The molecule has 0 radical (unpaired) electrons. The highest BCUT2D eigenvalue weighted by molar-refractivity contribution is 8.13. The third-order valence-electron chi connectivity index (χ3n) is 2.85. The Bertz CT molecular complexity index is 467. The average Bonchev–Trinajstić information content (AvgIpc) is 2.68. The zero-order valence-corrected chi connectivity index (χ0v) is 12.5. The lowest BCUT2D eigenvalue weighted by Gasteiger charge is -2.23. The van der Waals surface area contributed by atoms with Gasteiger partial charge in [0.25, 0.3) is 0 Å². The molecule has 19 heavy (non-hydrogen) atoms.